The van der Waals surface area contributed by atoms with Crippen molar-refractivity contribution < 1.29 is 24.3 Å². The lowest BCUT2D eigenvalue weighted by Gasteiger charge is -2.22. The number of carbonyl (C=O) groups excluding carboxylic acids is 3. The largest absolute Gasteiger partial charge is 0.480 e. The maximum atomic E-state index is 12.3. The standard InChI is InChI=1S/C17H21N3O5/c1-4-9(2)12(14(22)23)18-13(21)10-5-7-11(8-6-10)17(3)15(24)19-16(25)20-17/h5-9,12H,4H2,1-3H3,(H,18,21)(H,22,23)(H2,19,20,24,25). The van der Waals surface area contributed by atoms with Crippen LogP contribution in [0.5, 0.6) is 0 Å². The summed E-state index contributed by atoms with van der Waals surface area (Å²) in [5.74, 6) is -2.28. The number of rotatable bonds is 6. The van der Waals surface area contributed by atoms with Crippen LogP contribution in [0.15, 0.2) is 24.3 Å². The summed E-state index contributed by atoms with van der Waals surface area (Å²) in [6.45, 7) is 5.17. The van der Waals surface area contributed by atoms with Gasteiger partial charge in [-0.3, -0.25) is 14.9 Å². The first-order valence-electron chi connectivity index (χ1n) is 7.96. The highest BCUT2D eigenvalue weighted by Crippen LogP contribution is 2.24. The summed E-state index contributed by atoms with van der Waals surface area (Å²) >= 11 is 0. The molecule has 3 atom stereocenters. The molecule has 1 aromatic rings. The summed E-state index contributed by atoms with van der Waals surface area (Å²) in [7, 11) is 0. The summed E-state index contributed by atoms with van der Waals surface area (Å²) < 4.78 is 0. The van der Waals surface area contributed by atoms with Crippen LogP contribution in [-0.4, -0.2) is 35.0 Å². The third-order valence-corrected chi connectivity index (χ3v) is 4.53. The van der Waals surface area contributed by atoms with Crippen LogP contribution >= 0.6 is 0 Å². The molecule has 0 radical (unpaired) electrons. The van der Waals surface area contributed by atoms with Crippen molar-refractivity contribution in [2.24, 2.45) is 5.92 Å². The molecule has 1 fully saturated rings. The number of amides is 4. The second-order valence-electron chi connectivity index (χ2n) is 6.29. The van der Waals surface area contributed by atoms with E-state index in [-0.39, 0.29) is 11.5 Å². The molecule has 1 heterocycles. The Hall–Kier alpha value is -2.90. The van der Waals surface area contributed by atoms with E-state index in [4.69, 9.17) is 0 Å². The topological polar surface area (TPSA) is 125 Å². The molecule has 25 heavy (non-hydrogen) atoms. The minimum Gasteiger partial charge on any atom is -0.480 e. The predicted molar refractivity (Wildman–Crippen MR) is 88.8 cm³/mol. The second-order valence-corrected chi connectivity index (χ2v) is 6.29. The van der Waals surface area contributed by atoms with Gasteiger partial charge in [-0.2, -0.15) is 0 Å². The smallest absolute Gasteiger partial charge is 0.326 e. The average molecular weight is 347 g/mol. The van der Waals surface area contributed by atoms with Crippen molar-refractivity contribution >= 4 is 23.8 Å². The predicted octanol–water partition coefficient (Wildman–Crippen LogP) is 0.970. The van der Waals surface area contributed by atoms with Gasteiger partial charge in [0.05, 0.1) is 0 Å². The zero-order chi connectivity index (χ0) is 18.8. The minimum absolute atomic E-state index is 0.211. The van der Waals surface area contributed by atoms with Crippen molar-refractivity contribution in [3.63, 3.8) is 0 Å². The van der Waals surface area contributed by atoms with Crippen molar-refractivity contribution in [2.75, 3.05) is 0 Å². The van der Waals surface area contributed by atoms with Crippen LogP contribution in [0.2, 0.25) is 0 Å². The number of urea groups is 1. The van der Waals surface area contributed by atoms with E-state index < -0.39 is 35.4 Å². The Morgan fingerprint density at radius 2 is 1.84 bits per heavy atom. The fourth-order valence-corrected chi connectivity index (χ4v) is 2.61. The van der Waals surface area contributed by atoms with E-state index in [0.29, 0.717) is 12.0 Å². The molecule has 1 saturated heterocycles. The molecule has 0 aromatic heterocycles. The van der Waals surface area contributed by atoms with Gasteiger partial charge in [-0.05, 0) is 30.5 Å². The Kier molecular flexibility index (Phi) is 5.10. The van der Waals surface area contributed by atoms with Gasteiger partial charge >= 0.3 is 12.0 Å². The van der Waals surface area contributed by atoms with Crippen LogP contribution in [0.25, 0.3) is 0 Å². The molecular formula is C17H21N3O5. The maximum Gasteiger partial charge on any atom is 0.326 e. The monoisotopic (exact) mass is 347 g/mol. The van der Waals surface area contributed by atoms with Crippen molar-refractivity contribution in [1.82, 2.24) is 16.0 Å². The van der Waals surface area contributed by atoms with E-state index in [1.165, 1.54) is 12.1 Å². The number of hydrogen-bond donors (Lipinski definition) is 4. The molecule has 0 saturated carbocycles. The number of carboxylic acid groups (broad SMARTS) is 1. The number of benzene rings is 1. The molecule has 0 aliphatic carbocycles. The maximum absolute atomic E-state index is 12.3. The van der Waals surface area contributed by atoms with Gasteiger partial charge in [0.2, 0.25) is 0 Å². The molecule has 134 valence electrons. The van der Waals surface area contributed by atoms with Crippen LogP contribution in [0.1, 0.15) is 43.1 Å². The summed E-state index contributed by atoms with van der Waals surface area (Å²) in [6.07, 6.45) is 0.614. The molecule has 1 aliphatic rings. The lowest BCUT2D eigenvalue weighted by molar-refractivity contribution is -0.140. The van der Waals surface area contributed by atoms with Gasteiger partial charge in [0.15, 0.2) is 0 Å². The van der Waals surface area contributed by atoms with Crippen molar-refractivity contribution in [1.29, 1.82) is 0 Å². The second kappa shape index (κ2) is 6.92. The van der Waals surface area contributed by atoms with Crippen LogP contribution in [0, 0.1) is 5.92 Å². The zero-order valence-electron chi connectivity index (χ0n) is 14.3. The van der Waals surface area contributed by atoms with E-state index in [1.807, 2.05) is 6.92 Å². The normalized spacial score (nSPS) is 21.9. The van der Waals surface area contributed by atoms with Gasteiger partial charge in [0, 0.05) is 5.56 Å². The van der Waals surface area contributed by atoms with E-state index in [0.717, 1.165) is 0 Å². The van der Waals surface area contributed by atoms with Gasteiger partial charge < -0.3 is 15.7 Å². The first-order valence-corrected chi connectivity index (χ1v) is 7.96. The van der Waals surface area contributed by atoms with E-state index >= 15 is 0 Å². The van der Waals surface area contributed by atoms with E-state index in [9.17, 15) is 24.3 Å². The third kappa shape index (κ3) is 3.62. The third-order valence-electron chi connectivity index (χ3n) is 4.53. The molecule has 4 amide bonds. The highest BCUT2D eigenvalue weighted by Gasteiger charge is 2.43. The number of carboxylic acids is 1. The lowest BCUT2D eigenvalue weighted by atomic mass is 9.91. The summed E-state index contributed by atoms with van der Waals surface area (Å²) in [4.78, 5) is 46.8. The fraction of sp³-hybridized carbons (Fsp3) is 0.412. The fourth-order valence-electron chi connectivity index (χ4n) is 2.61. The van der Waals surface area contributed by atoms with Crippen LogP contribution < -0.4 is 16.0 Å². The van der Waals surface area contributed by atoms with Crippen molar-refractivity contribution in [3.8, 4) is 0 Å². The van der Waals surface area contributed by atoms with Gasteiger partial charge in [-0.25, -0.2) is 9.59 Å². The molecule has 4 N–H and O–H groups in total. The molecule has 8 heteroatoms. The molecule has 0 spiro atoms. The highest BCUT2D eigenvalue weighted by atomic mass is 16.4. The average Bonchev–Trinajstić information content (AvgIpc) is 2.84. The Morgan fingerprint density at radius 3 is 2.28 bits per heavy atom. The molecule has 3 unspecified atom stereocenters. The SMILES string of the molecule is CCC(C)C(NC(=O)c1ccc(C2(C)NC(=O)NC2=O)cc1)C(=O)O. The lowest BCUT2D eigenvalue weighted by Crippen LogP contribution is -2.45. The zero-order valence-corrected chi connectivity index (χ0v) is 14.3. The van der Waals surface area contributed by atoms with Crippen molar-refractivity contribution in [2.45, 2.75) is 38.8 Å². The summed E-state index contributed by atoms with van der Waals surface area (Å²) in [6, 6.07) is 4.53. The van der Waals surface area contributed by atoms with Crippen LogP contribution in [-0.2, 0) is 15.1 Å². The van der Waals surface area contributed by atoms with Gasteiger partial charge in [0.25, 0.3) is 11.8 Å². The van der Waals surface area contributed by atoms with Gasteiger partial charge in [0.1, 0.15) is 11.6 Å². The molecular weight excluding hydrogens is 326 g/mol. The number of imide groups is 1. The van der Waals surface area contributed by atoms with Gasteiger partial charge in [-0.15, -0.1) is 0 Å². The highest BCUT2D eigenvalue weighted by molar-refractivity contribution is 6.07. The molecule has 2 rings (SSSR count). The minimum atomic E-state index is -1.20. The van der Waals surface area contributed by atoms with E-state index in [2.05, 4.69) is 16.0 Å². The first kappa shape index (κ1) is 18.4. The van der Waals surface area contributed by atoms with Crippen LogP contribution in [0.3, 0.4) is 0 Å². The molecule has 1 aliphatic heterocycles. The van der Waals surface area contributed by atoms with Crippen molar-refractivity contribution in [3.05, 3.63) is 35.4 Å². The number of nitrogens with one attached hydrogen (secondary N) is 3. The van der Waals surface area contributed by atoms with Gasteiger partial charge in [-0.1, -0.05) is 32.4 Å². The number of aliphatic carboxylic acids is 1. The first-order chi connectivity index (χ1) is 11.7. The number of hydrogen-bond acceptors (Lipinski definition) is 4. The number of carbonyl (C=O) groups is 4. The summed E-state index contributed by atoms with van der Waals surface area (Å²) in [5, 5.41) is 16.5. The Balaban J connectivity index is 2.17. The summed E-state index contributed by atoms with van der Waals surface area (Å²) in [5.41, 5.74) is -0.414. The quantitative estimate of drug-likeness (QED) is 0.571. The Labute approximate surface area is 145 Å². The van der Waals surface area contributed by atoms with E-state index in [1.54, 1.807) is 26.0 Å². The molecule has 1 aromatic carbocycles. The van der Waals surface area contributed by atoms with Crippen LogP contribution in [0.4, 0.5) is 4.79 Å². The Bertz CT molecular complexity index is 715. The Morgan fingerprint density at radius 1 is 1.24 bits per heavy atom. The molecule has 8 nitrogen and oxygen atoms in total. The molecule has 0 bridgehead atoms.